The number of carbonyl (C=O) groups is 2. The van der Waals surface area contributed by atoms with Crippen LogP contribution in [0.3, 0.4) is 0 Å². The lowest BCUT2D eigenvalue weighted by atomic mass is 9.98. The van der Waals surface area contributed by atoms with Gasteiger partial charge in [-0.1, -0.05) is 26.0 Å². The highest BCUT2D eigenvalue weighted by Crippen LogP contribution is 2.31. The predicted octanol–water partition coefficient (Wildman–Crippen LogP) is 3.52. The molecule has 2 amide bonds. The van der Waals surface area contributed by atoms with Crippen LogP contribution in [0.4, 0.5) is 0 Å². The third kappa shape index (κ3) is 4.93. The molecule has 0 unspecified atom stereocenters. The molecule has 2 aromatic heterocycles. The number of benzene rings is 1. The Morgan fingerprint density at radius 1 is 1.24 bits per heavy atom. The summed E-state index contributed by atoms with van der Waals surface area (Å²) in [4.78, 5) is 31.8. The van der Waals surface area contributed by atoms with Gasteiger partial charge >= 0.3 is 0 Å². The molecule has 1 saturated heterocycles. The van der Waals surface area contributed by atoms with Crippen molar-refractivity contribution in [3.05, 3.63) is 54.6 Å². The fourth-order valence-electron chi connectivity index (χ4n) is 4.52. The molecule has 1 aromatic carbocycles. The Bertz CT molecular complexity index is 1120. The Labute approximate surface area is 194 Å². The number of likely N-dealkylation sites (tertiary alicyclic amines) is 1. The van der Waals surface area contributed by atoms with E-state index in [0.29, 0.717) is 13.0 Å². The Balaban J connectivity index is 1.55. The summed E-state index contributed by atoms with van der Waals surface area (Å²) in [6, 6.07) is 8.94. The van der Waals surface area contributed by atoms with Gasteiger partial charge in [-0.15, -0.1) is 0 Å². The zero-order valence-corrected chi connectivity index (χ0v) is 19.5. The number of nitrogens with two attached hydrogens (primary N) is 1. The van der Waals surface area contributed by atoms with Crippen molar-refractivity contribution in [2.75, 3.05) is 6.54 Å². The second-order valence-electron chi connectivity index (χ2n) is 9.26. The molecule has 3 heterocycles. The molecule has 0 saturated carbocycles. The van der Waals surface area contributed by atoms with Gasteiger partial charge in [-0.25, -0.2) is 0 Å². The molecule has 0 radical (unpaired) electrons. The summed E-state index contributed by atoms with van der Waals surface area (Å²) in [7, 11) is 0. The molecule has 0 aliphatic carbocycles. The van der Waals surface area contributed by atoms with Gasteiger partial charge in [0, 0.05) is 41.5 Å². The number of nitrogens with one attached hydrogen (secondary N) is 1. The standard InChI is InChI=1S/C26H32N4O3/c1-16(2)24(29-25(31)17(3)27)26(32)30-11-5-7-21(30)12-20-15-33-23-9-8-18(13-22(20)23)19-6-4-10-28-14-19/h4,6,8-10,13-17,21,24H,5,7,11-12,27H2,1-3H3,(H,29,31)/t17-,21-,24-/m0/s1. The average Bonchev–Trinajstić information content (AvgIpc) is 3.44. The molecule has 174 valence electrons. The van der Waals surface area contributed by atoms with Crippen LogP contribution in [-0.4, -0.2) is 46.4 Å². The minimum absolute atomic E-state index is 0.0294. The number of amides is 2. The van der Waals surface area contributed by atoms with Gasteiger partial charge in [-0.3, -0.25) is 14.6 Å². The number of aromatic nitrogens is 1. The maximum absolute atomic E-state index is 13.4. The highest BCUT2D eigenvalue weighted by atomic mass is 16.3. The molecular formula is C26H32N4O3. The third-order valence-electron chi connectivity index (χ3n) is 6.41. The van der Waals surface area contributed by atoms with E-state index in [2.05, 4.69) is 16.4 Å². The van der Waals surface area contributed by atoms with Gasteiger partial charge in [0.2, 0.25) is 11.8 Å². The minimum Gasteiger partial charge on any atom is -0.464 e. The van der Waals surface area contributed by atoms with E-state index in [-0.39, 0.29) is 23.8 Å². The molecule has 1 aliphatic rings. The first-order chi connectivity index (χ1) is 15.8. The summed E-state index contributed by atoms with van der Waals surface area (Å²) in [6.07, 6.45) is 7.99. The van der Waals surface area contributed by atoms with Crippen LogP contribution < -0.4 is 11.1 Å². The van der Waals surface area contributed by atoms with Gasteiger partial charge in [-0.2, -0.15) is 0 Å². The molecule has 4 rings (SSSR count). The lowest BCUT2D eigenvalue weighted by molar-refractivity contribution is -0.138. The number of nitrogens with zero attached hydrogens (tertiary/aromatic N) is 2. The van der Waals surface area contributed by atoms with Crippen LogP contribution in [0, 0.1) is 5.92 Å². The molecule has 0 spiro atoms. The Morgan fingerprint density at radius 3 is 2.76 bits per heavy atom. The first kappa shape index (κ1) is 23.0. The monoisotopic (exact) mass is 448 g/mol. The van der Waals surface area contributed by atoms with Crippen molar-refractivity contribution in [1.82, 2.24) is 15.2 Å². The Kier molecular flexibility index (Phi) is 6.79. The van der Waals surface area contributed by atoms with Crippen LogP contribution in [-0.2, 0) is 16.0 Å². The van der Waals surface area contributed by atoms with Gasteiger partial charge in [-0.05, 0) is 55.9 Å². The van der Waals surface area contributed by atoms with Crippen molar-refractivity contribution in [1.29, 1.82) is 0 Å². The third-order valence-corrected chi connectivity index (χ3v) is 6.41. The summed E-state index contributed by atoms with van der Waals surface area (Å²) in [5.74, 6) is -0.370. The van der Waals surface area contributed by atoms with Crippen molar-refractivity contribution < 1.29 is 14.0 Å². The van der Waals surface area contributed by atoms with Crippen molar-refractivity contribution in [2.24, 2.45) is 11.7 Å². The van der Waals surface area contributed by atoms with Crippen LogP contribution in [0.15, 0.2) is 53.4 Å². The second-order valence-corrected chi connectivity index (χ2v) is 9.26. The molecule has 1 aliphatic heterocycles. The topological polar surface area (TPSA) is 101 Å². The average molecular weight is 449 g/mol. The van der Waals surface area contributed by atoms with E-state index in [1.165, 1.54) is 0 Å². The zero-order valence-electron chi connectivity index (χ0n) is 19.5. The van der Waals surface area contributed by atoms with Crippen molar-refractivity contribution in [3.63, 3.8) is 0 Å². The Hall–Kier alpha value is -3.19. The highest BCUT2D eigenvalue weighted by molar-refractivity contribution is 5.90. The number of furan rings is 1. The Morgan fingerprint density at radius 2 is 2.06 bits per heavy atom. The maximum atomic E-state index is 13.4. The van der Waals surface area contributed by atoms with E-state index < -0.39 is 12.1 Å². The minimum atomic E-state index is -0.653. The number of hydrogen-bond donors (Lipinski definition) is 2. The summed E-state index contributed by atoms with van der Waals surface area (Å²) in [5.41, 5.74) is 9.76. The molecule has 3 aromatic rings. The first-order valence-corrected chi connectivity index (χ1v) is 11.6. The van der Waals surface area contributed by atoms with E-state index in [4.69, 9.17) is 10.2 Å². The number of pyridine rings is 1. The summed E-state index contributed by atoms with van der Waals surface area (Å²) >= 11 is 0. The second kappa shape index (κ2) is 9.75. The van der Waals surface area contributed by atoms with Crippen LogP contribution >= 0.6 is 0 Å². The van der Waals surface area contributed by atoms with E-state index in [1.807, 2.05) is 49.2 Å². The van der Waals surface area contributed by atoms with E-state index >= 15 is 0 Å². The van der Waals surface area contributed by atoms with Gasteiger partial charge in [0.1, 0.15) is 11.6 Å². The SMILES string of the molecule is CC(C)[C@H](NC(=O)[C@H](C)N)C(=O)N1CCC[C@H]1Cc1coc2ccc(-c3cccnc3)cc12. The highest BCUT2D eigenvalue weighted by Gasteiger charge is 2.36. The van der Waals surface area contributed by atoms with Gasteiger partial charge in [0.05, 0.1) is 12.3 Å². The lowest BCUT2D eigenvalue weighted by Gasteiger charge is -2.31. The normalized spacial score (nSPS) is 18.0. The van der Waals surface area contributed by atoms with E-state index in [1.54, 1.807) is 19.4 Å². The van der Waals surface area contributed by atoms with Crippen LogP contribution in [0.25, 0.3) is 22.1 Å². The predicted molar refractivity (Wildman–Crippen MR) is 128 cm³/mol. The number of carbonyl (C=O) groups excluding carboxylic acids is 2. The summed E-state index contributed by atoms with van der Waals surface area (Å²) < 4.78 is 5.82. The first-order valence-electron chi connectivity index (χ1n) is 11.6. The zero-order chi connectivity index (χ0) is 23.5. The molecule has 1 fully saturated rings. The number of rotatable bonds is 7. The molecule has 7 nitrogen and oxygen atoms in total. The molecule has 7 heteroatoms. The molecular weight excluding hydrogens is 416 g/mol. The lowest BCUT2D eigenvalue weighted by Crippen LogP contribution is -2.55. The van der Waals surface area contributed by atoms with Gasteiger partial charge < -0.3 is 20.4 Å². The largest absolute Gasteiger partial charge is 0.464 e. The van der Waals surface area contributed by atoms with Gasteiger partial charge in [0.15, 0.2) is 0 Å². The molecule has 3 atom stereocenters. The molecule has 0 bridgehead atoms. The summed E-state index contributed by atoms with van der Waals surface area (Å²) in [5, 5.41) is 3.90. The van der Waals surface area contributed by atoms with Crippen molar-refractivity contribution in [2.45, 2.75) is 58.2 Å². The fourth-order valence-corrected chi connectivity index (χ4v) is 4.52. The fraction of sp³-hybridized carbons (Fsp3) is 0.423. The smallest absolute Gasteiger partial charge is 0.245 e. The van der Waals surface area contributed by atoms with Crippen molar-refractivity contribution >= 4 is 22.8 Å². The summed E-state index contributed by atoms with van der Waals surface area (Å²) in [6.45, 7) is 6.20. The van der Waals surface area contributed by atoms with Crippen LogP contribution in [0.1, 0.15) is 39.2 Å². The van der Waals surface area contributed by atoms with Gasteiger partial charge in [0.25, 0.3) is 0 Å². The maximum Gasteiger partial charge on any atom is 0.245 e. The van der Waals surface area contributed by atoms with E-state index in [9.17, 15) is 9.59 Å². The van der Waals surface area contributed by atoms with Crippen LogP contribution in [0.2, 0.25) is 0 Å². The number of hydrogen-bond acceptors (Lipinski definition) is 5. The van der Waals surface area contributed by atoms with Crippen molar-refractivity contribution in [3.8, 4) is 11.1 Å². The number of fused-ring (bicyclic) bond motifs is 1. The van der Waals surface area contributed by atoms with E-state index in [0.717, 1.165) is 40.5 Å². The quantitative estimate of drug-likeness (QED) is 0.576. The van der Waals surface area contributed by atoms with Crippen LogP contribution in [0.5, 0.6) is 0 Å². The molecule has 3 N–H and O–H groups in total. The molecule has 33 heavy (non-hydrogen) atoms.